The minimum absolute atomic E-state index is 0.0134. The Morgan fingerprint density at radius 3 is 2.53 bits per heavy atom. The van der Waals surface area contributed by atoms with Crippen LogP contribution >= 0.6 is 12.2 Å². The van der Waals surface area contributed by atoms with Crippen LogP contribution in [0.3, 0.4) is 0 Å². The second-order valence-corrected chi connectivity index (χ2v) is 9.02. The van der Waals surface area contributed by atoms with Gasteiger partial charge in [-0.15, -0.1) is 4.98 Å². The molecule has 1 aromatic carbocycles. The summed E-state index contributed by atoms with van der Waals surface area (Å²) < 4.78 is 6.14. The average Bonchev–Trinajstić information content (AvgIpc) is 3.02. The molecular formula is C24H25N5O2S. The van der Waals surface area contributed by atoms with Gasteiger partial charge in [0.05, 0.1) is 5.69 Å². The van der Waals surface area contributed by atoms with Crippen LogP contribution < -0.4 is 19.9 Å². The van der Waals surface area contributed by atoms with Crippen LogP contribution in [-0.4, -0.2) is 40.7 Å². The fraction of sp³-hybridized carbons (Fsp3) is 0.417. The molecule has 1 aliphatic carbocycles. The highest BCUT2D eigenvalue weighted by Crippen LogP contribution is 2.48. The Balaban J connectivity index is 1.43. The summed E-state index contributed by atoms with van der Waals surface area (Å²) >= 11 is 5.82. The first-order chi connectivity index (χ1) is 15.5. The molecule has 3 heterocycles. The molecule has 1 amide bonds. The van der Waals surface area contributed by atoms with Gasteiger partial charge in [-0.3, -0.25) is 9.69 Å². The molecule has 3 fully saturated rings. The maximum absolute atomic E-state index is 13.6. The van der Waals surface area contributed by atoms with Gasteiger partial charge in [-0.25, -0.2) is 0 Å². The Kier molecular flexibility index (Phi) is 5.31. The van der Waals surface area contributed by atoms with Gasteiger partial charge in [0.15, 0.2) is 5.11 Å². The van der Waals surface area contributed by atoms with E-state index in [2.05, 4.69) is 15.1 Å². The number of thiocarbonyl (C=S) groups is 1. The van der Waals surface area contributed by atoms with E-state index in [1.165, 1.54) is 0 Å². The predicted octanol–water partition coefficient (Wildman–Crippen LogP) is 4.13. The molecule has 2 aliphatic heterocycles. The predicted molar refractivity (Wildman–Crippen MR) is 127 cm³/mol. The fourth-order valence-electron chi connectivity index (χ4n) is 4.78. The third-order valence-corrected chi connectivity index (χ3v) is 7.04. The van der Waals surface area contributed by atoms with Crippen molar-refractivity contribution in [2.24, 2.45) is 0 Å². The first kappa shape index (κ1) is 20.9. The van der Waals surface area contributed by atoms with E-state index in [4.69, 9.17) is 23.5 Å². The van der Waals surface area contributed by atoms with Gasteiger partial charge in [0, 0.05) is 5.69 Å². The molecule has 3 aliphatic rings. The van der Waals surface area contributed by atoms with Crippen molar-refractivity contribution in [3.05, 3.63) is 53.5 Å². The minimum atomic E-state index is -0.638. The van der Waals surface area contributed by atoms with Crippen molar-refractivity contribution < 1.29 is 9.53 Å². The number of anilines is 2. The summed E-state index contributed by atoms with van der Waals surface area (Å²) in [6.45, 7) is 11.0. The van der Waals surface area contributed by atoms with E-state index in [0.29, 0.717) is 16.6 Å². The zero-order valence-electron chi connectivity index (χ0n) is 18.0. The number of aromatic nitrogens is 1. The van der Waals surface area contributed by atoms with Crippen molar-refractivity contribution >= 4 is 40.4 Å². The summed E-state index contributed by atoms with van der Waals surface area (Å²) in [6, 6.07) is 9.73. The average molecular weight is 448 g/mol. The normalized spacial score (nSPS) is 20.4. The summed E-state index contributed by atoms with van der Waals surface area (Å²) in [5.41, 5.74) is 1.60. The molecule has 2 saturated heterocycles. The Morgan fingerprint density at radius 2 is 1.94 bits per heavy atom. The van der Waals surface area contributed by atoms with Gasteiger partial charge in [-0.2, -0.15) is 0 Å². The second-order valence-electron chi connectivity index (χ2n) is 8.65. The Hall–Kier alpha value is -3.02. The summed E-state index contributed by atoms with van der Waals surface area (Å²) in [5, 5.41) is 3.81. The topological polar surface area (TPSA) is 62.1 Å². The van der Waals surface area contributed by atoms with Crippen LogP contribution in [0.1, 0.15) is 37.7 Å². The van der Waals surface area contributed by atoms with Crippen LogP contribution in [0.5, 0.6) is 5.75 Å². The van der Waals surface area contributed by atoms with E-state index in [1.54, 1.807) is 11.1 Å². The highest BCUT2D eigenvalue weighted by atomic mass is 32.1. The summed E-state index contributed by atoms with van der Waals surface area (Å²) in [4.78, 5) is 24.8. The highest BCUT2D eigenvalue weighted by Gasteiger charge is 2.59. The van der Waals surface area contributed by atoms with E-state index in [-0.39, 0.29) is 12.0 Å². The number of pyridine rings is 1. The van der Waals surface area contributed by atoms with Crippen molar-refractivity contribution in [2.45, 2.75) is 50.7 Å². The highest BCUT2D eigenvalue weighted by molar-refractivity contribution is 7.81. The van der Waals surface area contributed by atoms with Crippen LogP contribution in [-0.2, 0) is 4.79 Å². The number of amides is 1. The number of rotatable bonds is 4. The van der Waals surface area contributed by atoms with E-state index in [1.807, 2.05) is 42.2 Å². The largest absolute Gasteiger partial charge is 0.490 e. The Bertz CT molecular complexity index is 1100. The lowest BCUT2D eigenvalue weighted by Gasteiger charge is -2.43. The number of nitrogens with one attached hydrogen (secondary N) is 1. The zero-order chi connectivity index (χ0) is 22.3. The number of hydrogen-bond donors (Lipinski definition) is 1. The molecule has 8 heteroatoms. The van der Waals surface area contributed by atoms with Gasteiger partial charge in [0.1, 0.15) is 23.6 Å². The second kappa shape index (κ2) is 8.15. The molecule has 0 bridgehead atoms. The number of carbonyl (C=O) groups is 1. The van der Waals surface area contributed by atoms with Crippen molar-refractivity contribution in [3.8, 4) is 5.75 Å². The lowest BCUT2D eigenvalue weighted by atomic mass is 9.75. The van der Waals surface area contributed by atoms with Crippen LogP contribution in [0.25, 0.3) is 4.85 Å². The van der Waals surface area contributed by atoms with Gasteiger partial charge < -0.3 is 19.8 Å². The molecule has 1 spiro atoms. The van der Waals surface area contributed by atoms with Crippen LogP contribution in [0, 0.1) is 13.5 Å². The maximum Gasteiger partial charge on any atom is 0.272 e. The fourth-order valence-corrected chi connectivity index (χ4v) is 5.25. The summed E-state index contributed by atoms with van der Waals surface area (Å²) in [7, 11) is 0. The van der Waals surface area contributed by atoms with E-state index in [0.717, 1.165) is 62.2 Å². The first-order valence-corrected chi connectivity index (χ1v) is 11.4. The number of benzene rings is 1. The molecule has 32 heavy (non-hydrogen) atoms. The molecule has 1 saturated carbocycles. The van der Waals surface area contributed by atoms with Crippen LogP contribution in [0.2, 0.25) is 0 Å². The third kappa shape index (κ3) is 3.33. The Labute approximate surface area is 193 Å². The van der Waals surface area contributed by atoms with Crippen LogP contribution in [0.15, 0.2) is 36.5 Å². The Morgan fingerprint density at radius 1 is 1.22 bits per heavy atom. The first-order valence-electron chi connectivity index (χ1n) is 11.0. The third-order valence-electron chi connectivity index (χ3n) is 6.68. The van der Waals surface area contributed by atoms with Gasteiger partial charge in [-0.05, 0) is 100 Å². The lowest BCUT2D eigenvalue weighted by Crippen LogP contribution is -2.55. The summed E-state index contributed by atoms with van der Waals surface area (Å²) in [6.07, 6.45) is 6.33. The standard InChI is InChI=1S/C24H25N5O2S/c1-16-14-18(15-27-21(16)25-2)28-22(30)24(10-3-11-24)29(23(28)32)17-4-6-19(7-5-17)31-20-8-12-26-13-9-20/h4-7,14-15,20,26H,3,8-13H2,1H3. The SMILES string of the molecule is [C-]#[N+]c1ncc(N2C(=O)C3(CCC3)N(c3ccc(OC4CCNCC4)cc3)C2=S)cc1C. The minimum Gasteiger partial charge on any atom is -0.490 e. The van der Waals surface area contributed by atoms with E-state index in [9.17, 15) is 4.79 Å². The molecular weight excluding hydrogens is 422 g/mol. The monoisotopic (exact) mass is 447 g/mol. The molecule has 164 valence electrons. The summed E-state index contributed by atoms with van der Waals surface area (Å²) in [5.74, 6) is 1.16. The lowest BCUT2D eigenvalue weighted by molar-refractivity contribution is -0.123. The molecule has 5 rings (SSSR count). The van der Waals surface area contributed by atoms with Gasteiger partial charge in [0.25, 0.3) is 11.7 Å². The number of piperidine rings is 1. The number of carbonyl (C=O) groups excluding carboxylic acids is 1. The van der Waals surface area contributed by atoms with Crippen molar-refractivity contribution in [1.82, 2.24) is 10.3 Å². The number of aryl methyl sites for hydroxylation is 1. The number of ether oxygens (including phenoxy) is 1. The smallest absolute Gasteiger partial charge is 0.272 e. The van der Waals surface area contributed by atoms with Crippen LogP contribution in [0.4, 0.5) is 17.2 Å². The van der Waals surface area contributed by atoms with Crippen molar-refractivity contribution in [2.75, 3.05) is 22.9 Å². The molecule has 0 atom stereocenters. The van der Waals surface area contributed by atoms with Gasteiger partial charge in [0.2, 0.25) is 0 Å². The molecule has 1 N–H and O–H groups in total. The van der Waals surface area contributed by atoms with Gasteiger partial charge in [-0.1, -0.05) is 6.57 Å². The molecule has 2 aromatic rings. The van der Waals surface area contributed by atoms with E-state index >= 15 is 0 Å². The van der Waals surface area contributed by atoms with E-state index < -0.39 is 5.54 Å². The van der Waals surface area contributed by atoms with Crippen molar-refractivity contribution in [3.63, 3.8) is 0 Å². The molecule has 7 nitrogen and oxygen atoms in total. The molecule has 1 aromatic heterocycles. The molecule has 0 radical (unpaired) electrons. The molecule has 0 unspecified atom stereocenters. The maximum atomic E-state index is 13.6. The zero-order valence-corrected chi connectivity index (χ0v) is 18.8. The van der Waals surface area contributed by atoms with Crippen molar-refractivity contribution in [1.29, 1.82) is 0 Å². The number of hydrogen-bond acceptors (Lipinski definition) is 5. The number of nitrogens with zero attached hydrogens (tertiary/aromatic N) is 4. The quantitative estimate of drug-likeness (QED) is 0.562. The van der Waals surface area contributed by atoms with Gasteiger partial charge >= 0.3 is 0 Å².